The molecule has 30 heavy (non-hydrogen) atoms. The van der Waals surface area contributed by atoms with E-state index >= 15 is 0 Å². The summed E-state index contributed by atoms with van der Waals surface area (Å²) in [6.07, 6.45) is 0. The van der Waals surface area contributed by atoms with Crippen molar-refractivity contribution in [3.63, 3.8) is 0 Å². The van der Waals surface area contributed by atoms with Gasteiger partial charge in [0, 0.05) is 38.8 Å². The Bertz CT molecular complexity index is 1250. The summed E-state index contributed by atoms with van der Waals surface area (Å²) in [5.41, 5.74) is 3.81. The van der Waals surface area contributed by atoms with Gasteiger partial charge < -0.3 is 9.47 Å². The number of carbonyl (C=O) groups excluding carboxylic acids is 1. The van der Waals surface area contributed by atoms with Crippen LogP contribution in [0.5, 0.6) is 0 Å². The van der Waals surface area contributed by atoms with E-state index in [1.165, 1.54) is 27.8 Å². The number of likely N-dealkylation sites (N-methyl/N-ethyl adjacent to an activating group) is 1. The van der Waals surface area contributed by atoms with E-state index in [9.17, 15) is 13.2 Å². The molecule has 0 radical (unpaired) electrons. The maximum atomic E-state index is 12.9. The summed E-state index contributed by atoms with van der Waals surface area (Å²) in [4.78, 5) is 15.5. The second-order valence-electron chi connectivity index (χ2n) is 7.20. The van der Waals surface area contributed by atoms with Crippen LogP contribution < -0.4 is 10.2 Å². The first kappa shape index (κ1) is 20.7. The summed E-state index contributed by atoms with van der Waals surface area (Å²) in [5.74, 6) is -0.456. The van der Waals surface area contributed by atoms with E-state index < -0.39 is 15.9 Å². The summed E-state index contributed by atoms with van der Waals surface area (Å²) in [7, 11) is 0.211. The predicted molar refractivity (Wildman–Crippen MR) is 117 cm³/mol. The van der Waals surface area contributed by atoms with Crippen LogP contribution in [0.25, 0.3) is 10.2 Å². The molecule has 2 aromatic carbocycles. The predicted octanol–water partition coefficient (Wildman–Crippen LogP) is 1.42. The number of thiazole rings is 1. The largest absolute Gasteiger partial charge is 0.318 e. The lowest BCUT2D eigenvalue weighted by Crippen LogP contribution is -2.47. The highest BCUT2D eigenvalue weighted by atomic mass is 32.2. The lowest BCUT2D eigenvalue weighted by molar-refractivity contribution is 0.0952. The Morgan fingerprint density at radius 1 is 1.03 bits per heavy atom. The Morgan fingerprint density at radius 3 is 2.50 bits per heavy atom. The Morgan fingerprint density at radius 2 is 1.77 bits per heavy atom. The number of piperazine rings is 1. The molecule has 1 aliphatic heterocycles. The standard InChI is InChI=1S/C20H23N5O3S2/c1-23-10-12-25(13-11-23)30(27,28)16-7-5-6-15(14-16)19(26)21-22-20-24(2)17-8-3-4-9-18(17)29-20/h3-9,14H,10-13H2,1-2H3,(H,21,26)/b22-20-. The van der Waals surface area contributed by atoms with E-state index in [2.05, 4.69) is 15.4 Å². The third-order valence-electron chi connectivity index (χ3n) is 5.16. The number of aryl methyl sites for hydroxylation is 1. The normalized spacial score (nSPS) is 16.8. The molecule has 0 unspecified atom stereocenters. The van der Waals surface area contributed by atoms with Crippen molar-refractivity contribution in [2.75, 3.05) is 33.2 Å². The quantitative estimate of drug-likeness (QED) is 0.616. The highest BCUT2D eigenvalue weighted by Crippen LogP contribution is 2.19. The lowest BCUT2D eigenvalue weighted by atomic mass is 10.2. The minimum Gasteiger partial charge on any atom is -0.318 e. The van der Waals surface area contributed by atoms with E-state index in [-0.39, 0.29) is 10.5 Å². The summed E-state index contributed by atoms with van der Waals surface area (Å²) in [5, 5.41) is 4.23. The monoisotopic (exact) mass is 445 g/mol. The molecular weight excluding hydrogens is 422 g/mol. The molecular formula is C20H23N5O3S2. The van der Waals surface area contributed by atoms with Gasteiger partial charge in [0.25, 0.3) is 5.91 Å². The fourth-order valence-electron chi connectivity index (χ4n) is 3.33. The zero-order valence-electron chi connectivity index (χ0n) is 16.8. The number of nitrogens with zero attached hydrogens (tertiary/aromatic N) is 4. The Balaban J connectivity index is 1.56. The number of hydrogen-bond donors (Lipinski definition) is 1. The number of nitrogens with one attached hydrogen (secondary N) is 1. The van der Waals surface area contributed by atoms with Gasteiger partial charge in [-0.05, 0) is 37.4 Å². The van der Waals surface area contributed by atoms with E-state index in [0.29, 0.717) is 31.0 Å². The van der Waals surface area contributed by atoms with Crippen LogP contribution in [0.2, 0.25) is 0 Å². The Kier molecular flexibility index (Phi) is 5.74. The lowest BCUT2D eigenvalue weighted by Gasteiger charge is -2.31. The van der Waals surface area contributed by atoms with Crippen molar-refractivity contribution in [2.45, 2.75) is 4.90 Å². The number of carbonyl (C=O) groups is 1. The van der Waals surface area contributed by atoms with Crippen LogP contribution >= 0.6 is 11.3 Å². The summed E-state index contributed by atoms with van der Waals surface area (Å²) >= 11 is 1.46. The number of sulfonamides is 1. The fourth-order valence-corrected chi connectivity index (χ4v) is 5.77. The van der Waals surface area contributed by atoms with Gasteiger partial charge in [-0.1, -0.05) is 29.5 Å². The van der Waals surface area contributed by atoms with Gasteiger partial charge in [-0.25, -0.2) is 13.8 Å². The van der Waals surface area contributed by atoms with Crippen molar-refractivity contribution >= 4 is 37.5 Å². The van der Waals surface area contributed by atoms with Gasteiger partial charge in [0.05, 0.1) is 15.1 Å². The van der Waals surface area contributed by atoms with E-state index in [0.717, 1.165) is 10.2 Å². The third kappa shape index (κ3) is 4.04. The second kappa shape index (κ2) is 8.31. The van der Waals surface area contributed by atoms with Gasteiger partial charge in [0.1, 0.15) is 0 Å². The molecule has 4 rings (SSSR count). The van der Waals surface area contributed by atoms with Crippen molar-refractivity contribution in [1.82, 2.24) is 19.2 Å². The minimum absolute atomic E-state index is 0.118. The molecule has 0 bridgehead atoms. The Hall–Kier alpha value is -2.53. The molecule has 0 aliphatic carbocycles. The smallest absolute Gasteiger partial charge is 0.271 e. The molecule has 0 spiro atoms. The molecule has 3 aromatic rings. The van der Waals surface area contributed by atoms with E-state index in [4.69, 9.17) is 0 Å². The average molecular weight is 446 g/mol. The van der Waals surface area contributed by atoms with Gasteiger partial charge in [0.2, 0.25) is 14.8 Å². The number of hydrogen-bond acceptors (Lipinski definition) is 6. The van der Waals surface area contributed by atoms with Gasteiger partial charge >= 0.3 is 0 Å². The molecule has 1 aromatic heterocycles. The first-order chi connectivity index (χ1) is 14.4. The maximum Gasteiger partial charge on any atom is 0.271 e. The molecule has 1 saturated heterocycles. The van der Waals surface area contributed by atoms with Gasteiger partial charge in [-0.15, -0.1) is 5.10 Å². The average Bonchev–Trinajstić information content (AvgIpc) is 3.08. The first-order valence-electron chi connectivity index (χ1n) is 9.53. The molecule has 1 aliphatic rings. The zero-order chi connectivity index (χ0) is 21.3. The van der Waals surface area contributed by atoms with Crippen LogP contribution in [0.3, 0.4) is 0 Å². The van der Waals surface area contributed by atoms with Gasteiger partial charge in [-0.3, -0.25) is 4.79 Å². The van der Waals surface area contributed by atoms with Crippen LogP contribution in [-0.2, 0) is 17.1 Å². The summed E-state index contributed by atoms with van der Waals surface area (Å²) in [6, 6.07) is 14.0. The van der Waals surface area contributed by atoms with Crippen molar-refractivity contribution in [3.05, 3.63) is 58.9 Å². The van der Waals surface area contributed by atoms with Crippen LogP contribution in [0.4, 0.5) is 0 Å². The first-order valence-corrected chi connectivity index (χ1v) is 11.8. The number of aromatic nitrogens is 1. The molecule has 0 atom stereocenters. The fraction of sp³-hybridized carbons (Fsp3) is 0.300. The van der Waals surface area contributed by atoms with Crippen molar-refractivity contribution in [1.29, 1.82) is 0 Å². The third-order valence-corrected chi connectivity index (χ3v) is 8.17. The van der Waals surface area contributed by atoms with Crippen molar-refractivity contribution < 1.29 is 13.2 Å². The number of para-hydroxylation sites is 1. The maximum absolute atomic E-state index is 12.9. The molecule has 158 valence electrons. The van der Waals surface area contributed by atoms with Gasteiger partial charge in [0.15, 0.2) is 0 Å². The number of amides is 1. The summed E-state index contributed by atoms with van der Waals surface area (Å²) < 4.78 is 30.3. The minimum atomic E-state index is -3.64. The molecule has 8 nitrogen and oxygen atoms in total. The van der Waals surface area contributed by atoms with Crippen LogP contribution in [0, 0.1) is 0 Å². The summed E-state index contributed by atoms with van der Waals surface area (Å²) in [6.45, 7) is 2.25. The van der Waals surface area contributed by atoms with E-state index in [1.54, 1.807) is 12.1 Å². The molecule has 0 saturated carbocycles. The van der Waals surface area contributed by atoms with E-state index in [1.807, 2.05) is 42.9 Å². The molecule has 1 N–H and O–H groups in total. The number of fused-ring (bicyclic) bond motifs is 1. The second-order valence-corrected chi connectivity index (χ2v) is 10.1. The van der Waals surface area contributed by atoms with Crippen LogP contribution in [0.1, 0.15) is 10.4 Å². The molecule has 2 heterocycles. The Labute approximate surface area is 179 Å². The van der Waals surface area contributed by atoms with Crippen LogP contribution in [0.15, 0.2) is 58.5 Å². The number of benzene rings is 2. The SMILES string of the molecule is CN1CCN(S(=O)(=O)c2cccc(C(=O)N/N=c3\sc4ccccc4n3C)c2)CC1. The van der Waals surface area contributed by atoms with Gasteiger partial charge in [-0.2, -0.15) is 4.31 Å². The highest BCUT2D eigenvalue weighted by molar-refractivity contribution is 7.89. The highest BCUT2D eigenvalue weighted by Gasteiger charge is 2.27. The molecule has 10 heteroatoms. The van der Waals surface area contributed by atoms with Crippen molar-refractivity contribution in [3.8, 4) is 0 Å². The molecule has 1 fully saturated rings. The van der Waals surface area contributed by atoms with Crippen molar-refractivity contribution in [2.24, 2.45) is 12.1 Å². The number of rotatable bonds is 4. The zero-order valence-corrected chi connectivity index (χ0v) is 18.4. The van der Waals surface area contributed by atoms with Crippen LogP contribution in [-0.4, -0.2) is 61.3 Å². The molecule has 1 amide bonds. The topological polar surface area (TPSA) is 87.0 Å².